The molecule has 3 aromatic rings. The molecular formula is C25H28FN5OS. The van der Waals surface area contributed by atoms with E-state index >= 15 is 0 Å². The van der Waals surface area contributed by atoms with Crippen LogP contribution in [0.1, 0.15) is 50.5 Å². The van der Waals surface area contributed by atoms with Gasteiger partial charge >= 0.3 is 0 Å². The van der Waals surface area contributed by atoms with Crippen LogP contribution in [0.15, 0.2) is 67.1 Å². The summed E-state index contributed by atoms with van der Waals surface area (Å²) in [6, 6.07) is 13.8. The minimum absolute atomic E-state index is 0.0598. The number of carbonyl (C=O) groups is 1. The number of halogens is 1. The second-order valence-electron chi connectivity index (χ2n) is 9.12. The van der Waals surface area contributed by atoms with Crippen LogP contribution < -0.4 is 10.6 Å². The van der Waals surface area contributed by atoms with E-state index in [0.717, 1.165) is 11.3 Å². The number of nitrogens with one attached hydrogen (secondary N) is 2. The van der Waals surface area contributed by atoms with Gasteiger partial charge in [0.1, 0.15) is 5.82 Å². The van der Waals surface area contributed by atoms with Crippen molar-refractivity contribution in [2.24, 2.45) is 0 Å². The van der Waals surface area contributed by atoms with Gasteiger partial charge in [0.05, 0.1) is 23.5 Å². The van der Waals surface area contributed by atoms with Crippen molar-refractivity contribution in [3.05, 3.63) is 84.2 Å². The average molecular weight is 466 g/mol. The normalized spacial score (nSPS) is 18.3. The first-order chi connectivity index (χ1) is 15.7. The number of benzene rings is 1. The molecule has 0 bridgehead atoms. The van der Waals surface area contributed by atoms with Crippen LogP contribution in [0.5, 0.6) is 0 Å². The third-order valence-corrected chi connectivity index (χ3v) is 6.11. The largest absolute Gasteiger partial charge is 0.352 e. The monoisotopic (exact) mass is 465 g/mol. The van der Waals surface area contributed by atoms with Crippen LogP contribution in [-0.4, -0.2) is 32.0 Å². The zero-order chi connectivity index (χ0) is 23.6. The third-order valence-electron chi connectivity index (χ3n) is 5.76. The molecule has 6 nitrogen and oxygen atoms in total. The fourth-order valence-corrected chi connectivity index (χ4v) is 4.34. The molecule has 2 N–H and O–H groups in total. The van der Waals surface area contributed by atoms with Crippen molar-refractivity contribution >= 4 is 28.9 Å². The Kier molecular flexibility index (Phi) is 6.47. The molecule has 2 atom stereocenters. The van der Waals surface area contributed by atoms with Crippen LogP contribution >= 0.6 is 12.2 Å². The van der Waals surface area contributed by atoms with Crippen LogP contribution in [0.25, 0.3) is 0 Å². The fourth-order valence-electron chi connectivity index (χ4n) is 4.01. The first-order valence-corrected chi connectivity index (χ1v) is 11.4. The predicted octanol–water partition coefficient (Wildman–Crippen LogP) is 4.78. The number of thiocarbonyl (C=S) groups is 1. The van der Waals surface area contributed by atoms with E-state index in [9.17, 15) is 9.18 Å². The van der Waals surface area contributed by atoms with E-state index in [2.05, 4.69) is 59.4 Å². The molecule has 1 aromatic carbocycles. The highest BCUT2D eigenvalue weighted by molar-refractivity contribution is 7.80. The van der Waals surface area contributed by atoms with E-state index in [1.165, 1.54) is 6.07 Å². The molecule has 33 heavy (non-hydrogen) atoms. The fraction of sp³-hybridized carbons (Fsp3) is 0.320. The number of nitrogens with zero attached hydrogens (tertiary/aromatic N) is 3. The summed E-state index contributed by atoms with van der Waals surface area (Å²) in [4.78, 5) is 19.1. The van der Waals surface area contributed by atoms with Gasteiger partial charge in [0.2, 0.25) is 5.91 Å². The predicted molar refractivity (Wildman–Crippen MR) is 131 cm³/mol. The van der Waals surface area contributed by atoms with Gasteiger partial charge < -0.3 is 20.1 Å². The number of aromatic nitrogens is 2. The number of amides is 1. The van der Waals surface area contributed by atoms with Crippen LogP contribution in [-0.2, 0) is 10.3 Å². The van der Waals surface area contributed by atoms with Gasteiger partial charge in [-0.3, -0.25) is 9.78 Å². The summed E-state index contributed by atoms with van der Waals surface area (Å²) in [5.74, 6) is -0.726. The highest BCUT2D eigenvalue weighted by Crippen LogP contribution is 2.39. The van der Waals surface area contributed by atoms with E-state index in [-0.39, 0.29) is 35.6 Å². The van der Waals surface area contributed by atoms with Gasteiger partial charge in [0.15, 0.2) is 5.11 Å². The standard InChI is InChI=1S/C25H28FN5OS/c1-25(2,3)30-14-11-17(16-30)23-22(20-10-6-7-13-27-20)29-24(33)31(23)15-12-21(32)28-19-9-5-4-8-18(19)26/h4-11,13-14,16,22-23H,12,15H2,1-3H3,(H,28,32)(H,29,33). The smallest absolute Gasteiger partial charge is 0.226 e. The average Bonchev–Trinajstić information content (AvgIpc) is 3.39. The molecule has 172 valence electrons. The lowest BCUT2D eigenvalue weighted by Crippen LogP contribution is -2.32. The number of hydrogen-bond donors (Lipinski definition) is 2. The van der Waals surface area contributed by atoms with Crippen LogP contribution in [0.3, 0.4) is 0 Å². The second-order valence-corrected chi connectivity index (χ2v) is 9.51. The Morgan fingerprint density at radius 1 is 1.18 bits per heavy atom. The van der Waals surface area contributed by atoms with Crippen LogP contribution in [0, 0.1) is 5.82 Å². The van der Waals surface area contributed by atoms with E-state index in [4.69, 9.17) is 12.2 Å². The molecule has 2 unspecified atom stereocenters. The van der Waals surface area contributed by atoms with Crippen molar-refractivity contribution in [2.75, 3.05) is 11.9 Å². The minimum atomic E-state index is -0.458. The highest BCUT2D eigenvalue weighted by Gasteiger charge is 2.40. The number of anilines is 1. The number of pyridine rings is 1. The van der Waals surface area contributed by atoms with Crippen molar-refractivity contribution in [1.82, 2.24) is 19.8 Å². The Bertz CT molecular complexity index is 1140. The Balaban J connectivity index is 1.57. The quantitative estimate of drug-likeness (QED) is 0.513. The first-order valence-electron chi connectivity index (χ1n) is 10.9. The van der Waals surface area contributed by atoms with E-state index in [1.54, 1.807) is 24.4 Å². The van der Waals surface area contributed by atoms with Crippen molar-refractivity contribution in [3.63, 3.8) is 0 Å². The summed E-state index contributed by atoms with van der Waals surface area (Å²) in [7, 11) is 0. The highest BCUT2D eigenvalue weighted by atomic mass is 32.1. The lowest BCUT2D eigenvalue weighted by atomic mass is 9.99. The molecule has 1 amide bonds. The van der Waals surface area contributed by atoms with Gasteiger partial charge in [-0.05, 0) is 68.9 Å². The Hall–Kier alpha value is -3.26. The Labute approximate surface area is 198 Å². The topological polar surface area (TPSA) is 62.2 Å². The van der Waals surface area contributed by atoms with Crippen LogP contribution in [0.2, 0.25) is 0 Å². The minimum Gasteiger partial charge on any atom is -0.352 e. The summed E-state index contributed by atoms with van der Waals surface area (Å²) in [6.45, 7) is 6.83. The van der Waals surface area contributed by atoms with Gasteiger partial charge in [-0.1, -0.05) is 18.2 Å². The molecule has 0 spiro atoms. The summed E-state index contributed by atoms with van der Waals surface area (Å²) in [5.41, 5.74) is 2.08. The number of rotatable bonds is 6. The molecule has 8 heteroatoms. The molecule has 0 saturated carbocycles. The molecule has 1 aliphatic heterocycles. The van der Waals surface area contributed by atoms with Crippen molar-refractivity contribution < 1.29 is 9.18 Å². The maximum absolute atomic E-state index is 13.9. The van der Waals surface area contributed by atoms with Crippen molar-refractivity contribution in [3.8, 4) is 0 Å². The third kappa shape index (κ3) is 5.06. The van der Waals surface area contributed by atoms with Gasteiger partial charge in [-0.15, -0.1) is 0 Å². The van der Waals surface area contributed by atoms with E-state index in [1.807, 2.05) is 23.1 Å². The van der Waals surface area contributed by atoms with Gasteiger partial charge in [-0.2, -0.15) is 0 Å². The molecule has 4 rings (SSSR count). The zero-order valence-electron chi connectivity index (χ0n) is 19.0. The zero-order valence-corrected chi connectivity index (χ0v) is 19.8. The SMILES string of the molecule is CC(C)(C)n1ccc(C2C(c3ccccn3)NC(=S)N2CCC(=O)Nc2ccccc2F)c1. The number of hydrogen-bond acceptors (Lipinski definition) is 3. The van der Waals surface area contributed by atoms with E-state index < -0.39 is 5.82 Å². The van der Waals surface area contributed by atoms with Crippen molar-refractivity contribution in [1.29, 1.82) is 0 Å². The first kappa shape index (κ1) is 22.9. The van der Waals surface area contributed by atoms with Gasteiger partial charge in [0, 0.05) is 37.1 Å². The van der Waals surface area contributed by atoms with E-state index in [0.29, 0.717) is 11.7 Å². The summed E-state index contributed by atoms with van der Waals surface area (Å²) in [6.07, 6.45) is 6.13. The number of para-hydroxylation sites is 1. The summed E-state index contributed by atoms with van der Waals surface area (Å²) in [5, 5.41) is 6.61. The lowest BCUT2D eigenvalue weighted by Gasteiger charge is -2.27. The van der Waals surface area contributed by atoms with Gasteiger partial charge in [-0.25, -0.2) is 4.39 Å². The summed E-state index contributed by atoms with van der Waals surface area (Å²) < 4.78 is 16.1. The molecule has 2 aromatic heterocycles. The number of carbonyl (C=O) groups excluding carboxylic acids is 1. The lowest BCUT2D eigenvalue weighted by molar-refractivity contribution is -0.116. The Morgan fingerprint density at radius 2 is 1.94 bits per heavy atom. The molecule has 0 radical (unpaired) electrons. The molecule has 1 fully saturated rings. The van der Waals surface area contributed by atoms with Crippen LogP contribution in [0.4, 0.5) is 10.1 Å². The molecule has 0 aliphatic carbocycles. The van der Waals surface area contributed by atoms with Crippen molar-refractivity contribution in [2.45, 2.75) is 44.8 Å². The maximum atomic E-state index is 13.9. The summed E-state index contributed by atoms with van der Waals surface area (Å²) >= 11 is 5.67. The molecular weight excluding hydrogens is 437 g/mol. The molecule has 1 aliphatic rings. The molecule has 3 heterocycles. The molecule has 1 saturated heterocycles. The maximum Gasteiger partial charge on any atom is 0.226 e. The Morgan fingerprint density at radius 3 is 2.61 bits per heavy atom. The van der Waals surface area contributed by atoms with Gasteiger partial charge in [0.25, 0.3) is 0 Å². The second kappa shape index (κ2) is 9.31.